The molecule has 148 valence electrons. The Morgan fingerprint density at radius 2 is 1.74 bits per heavy atom. The number of aromatic hydroxyl groups is 2. The van der Waals surface area contributed by atoms with Crippen molar-refractivity contribution in [2.24, 2.45) is 0 Å². The molecule has 1 aromatic carbocycles. The minimum Gasteiger partial charge on any atom is -0.504 e. The van der Waals surface area contributed by atoms with Crippen molar-refractivity contribution in [1.82, 2.24) is 0 Å². The summed E-state index contributed by atoms with van der Waals surface area (Å²) in [5.74, 6) is -2.18. The molecule has 1 aliphatic heterocycles. The number of hydrogen-bond acceptors (Lipinski definition) is 11. The van der Waals surface area contributed by atoms with Gasteiger partial charge in [-0.1, -0.05) is 0 Å². The lowest BCUT2D eigenvalue weighted by Gasteiger charge is -2.39. The predicted molar refractivity (Wildman–Crippen MR) is 86.8 cm³/mol. The van der Waals surface area contributed by atoms with Crippen LogP contribution in [0.4, 0.5) is 0 Å². The maximum Gasteiger partial charge on any atom is 0.336 e. The zero-order chi connectivity index (χ0) is 19.9. The molecular weight excluding hydrogens is 368 g/mol. The molecule has 0 aliphatic carbocycles. The second-order valence-corrected chi connectivity index (χ2v) is 5.87. The summed E-state index contributed by atoms with van der Waals surface area (Å²) in [5, 5.41) is 59.5. The molecule has 5 atom stereocenters. The standard InChI is InChI=1S/C16H18O11/c1-24-14-8(19)5-2-3-7(18)26-13(5)15(12(14)23)27-16-11(22)10(21)9(20)6(4-17)25-16/h2-3,6,9-11,16-17,19-23H,4H2,1H3. The minimum atomic E-state index is -1.77. The molecule has 5 unspecified atom stereocenters. The van der Waals surface area contributed by atoms with Crippen LogP contribution in [0.2, 0.25) is 0 Å². The molecule has 2 heterocycles. The molecule has 11 nitrogen and oxygen atoms in total. The molecule has 27 heavy (non-hydrogen) atoms. The van der Waals surface area contributed by atoms with Gasteiger partial charge in [-0.25, -0.2) is 4.79 Å². The molecule has 1 saturated heterocycles. The molecule has 0 amide bonds. The number of phenols is 2. The first-order chi connectivity index (χ1) is 12.8. The normalized spacial score (nSPS) is 28.3. The number of phenolic OH excluding ortho intramolecular Hbond substituents is 2. The smallest absolute Gasteiger partial charge is 0.336 e. The Balaban J connectivity index is 2.11. The minimum absolute atomic E-state index is 0.0381. The van der Waals surface area contributed by atoms with E-state index in [1.54, 1.807) is 0 Å². The zero-order valence-corrected chi connectivity index (χ0v) is 14.0. The SMILES string of the molecule is COc1c(O)c(OC2OC(CO)C(O)C(O)C2O)c2oc(=O)ccc2c1O. The van der Waals surface area contributed by atoms with Crippen LogP contribution in [0.1, 0.15) is 0 Å². The average molecular weight is 386 g/mol. The highest BCUT2D eigenvalue weighted by atomic mass is 16.7. The van der Waals surface area contributed by atoms with Gasteiger partial charge in [-0.2, -0.15) is 0 Å². The second kappa shape index (κ2) is 7.21. The first-order valence-corrected chi connectivity index (χ1v) is 7.83. The van der Waals surface area contributed by atoms with Crippen molar-refractivity contribution in [3.63, 3.8) is 0 Å². The van der Waals surface area contributed by atoms with Crippen LogP contribution in [0, 0.1) is 0 Å². The predicted octanol–water partition coefficient (Wildman–Crippen LogP) is -1.61. The first kappa shape index (κ1) is 19.2. The van der Waals surface area contributed by atoms with Gasteiger partial charge in [-0.15, -0.1) is 0 Å². The highest BCUT2D eigenvalue weighted by molar-refractivity contribution is 5.94. The molecule has 0 saturated carbocycles. The van der Waals surface area contributed by atoms with E-state index in [4.69, 9.17) is 18.6 Å². The van der Waals surface area contributed by atoms with Crippen LogP contribution in [0.15, 0.2) is 21.3 Å². The molecule has 11 heteroatoms. The third-order valence-electron chi connectivity index (χ3n) is 4.23. The summed E-state index contributed by atoms with van der Waals surface area (Å²) in [7, 11) is 1.16. The van der Waals surface area contributed by atoms with Crippen LogP contribution < -0.4 is 15.1 Å². The van der Waals surface area contributed by atoms with Crippen LogP contribution in [0.3, 0.4) is 0 Å². The number of ether oxygens (including phenoxy) is 3. The summed E-state index contributed by atoms with van der Waals surface area (Å²) in [6.07, 6.45) is -8.02. The molecule has 0 bridgehead atoms. The Bertz CT molecular complexity index is 890. The van der Waals surface area contributed by atoms with E-state index in [9.17, 15) is 35.4 Å². The Labute approximate surface area is 151 Å². The lowest BCUT2D eigenvalue weighted by atomic mass is 9.99. The molecule has 0 radical (unpaired) electrons. The number of methoxy groups -OCH3 is 1. The third kappa shape index (κ3) is 3.15. The molecule has 2 aromatic rings. The van der Waals surface area contributed by atoms with Gasteiger partial charge in [0.1, 0.15) is 24.4 Å². The van der Waals surface area contributed by atoms with E-state index in [0.29, 0.717) is 0 Å². The van der Waals surface area contributed by atoms with E-state index in [2.05, 4.69) is 0 Å². The van der Waals surface area contributed by atoms with Crippen molar-refractivity contribution in [1.29, 1.82) is 0 Å². The van der Waals surface area contributed by atoms with Gasteiger partial charge in [-0.3, -0.25) is 0 Å². The highest BCUT2D eigenvalue weighted by Crippen LogP contribution is 2.50. The Hall–Kier alpha value is -2.57. The molecule has 6 N–H and O–H groups in total. The van der Waals surface area contributed by atoms with Gasteiger partial charge in [0.05, 0.1) is 19.1 Å². The monoisotopic (exact) mass is 386 g/mol. The lowest BCUT2D eigenvalue weighted by molar-refractivity contribution is -0.277. The van der Waals surface area contributed by atoms with E-state index in [0.717, 1.165) is 13.2 Å². The maximum absolute atomic E-state index is 11.6. The summed E-state index contributed by atoms with van der Waals surface area (Å²) in [5.41, 5.74) is -1.18. The van der Waals surface area contributed by atoms with E-state index in [-0.39, 0.29) is 11.0 Å². The van der Waals surface area contributed by atoms with Crippen LogP contribution in [0.5, 0.6) is 23.0 Å². The Morgan fingerprint density at radius 1 is 1.04 bits per heavy atom. The van der Waals surface area contributed by atoms with Gasteiger partial charge < -0.3 is 49.3 Å². The summed E-state index contributed by atoms with van der Waals surface area (Å²) in [6.45, 7) is -0.689. The zero-order valence-electron chi connectivity index (χ0n) is 14.0. The van der Waals surface area contributed by atoms with Crippen LogP contribution in [-0.2, 0) is 4.74 Å². The van der Waals surface area contributed by atoms with Crippen molar-refractivity contribution < 1.29 is 49.3 Å². The first-order valence-electron chi connectivity index (χ1n) is 7.83. The fourth-order valence-corrected chi connectivity index (χ4v) is 2.80. The Morgan fingerprint density at radius 3 is 2.37 bits per heavy atom. The van der Waals surface area contributed by atoms with Gasteiger partial charge >= 0.3 is 5.63 Å². The molecule has 3 rings (SSSR count). The van der Waals surface area contributed by atoms with Crippen molar-refractivity contribution in [2.45, 2.75) is 30.7 Å². The van der Waals surface area contributed by atoms with E-state index in [1.807, 2.05) is 0 Å². The van der Waals surface area contributed by atoms with E-state index >= 15 is 0 Å². The number of rotatable bonds is 4. The van der Waals surface area contributed by atoms with Crippen molar-refractivity contribution in [3.8, 4) is 23.0 Å². The van der Waals surface area contributed by atoms with Crippen molar-refractivity contribution in [2.75, 3.05) is 13.7 Å². The van der Waals surface area contributed by atoms with Crippen LogP contribution in [0.25, 0.3) is 11.0 Å². The number of aliphatic hydroxyl groups is 4. The van der Waals surface area contributed by atoms with Gasteiger partial charge in [0.25, 0.3) is 0 Å². The maximum atomic E-state index is 11.6. The van der Waals surface area contributed by atoms with Crippen molar-refractivity contribution >= 4 is 11.0 Å². The van der Waals surface area contributed by atoms with Crippen molar-refractivity contribution in [3.05, 3.63) is 22.6 Å². The van der Waals surface area contributed by atoms with Crippen LogP contribution >= 0.6 is 0 Å². The Kier molecular flexibility index (Phi) is 5.13. The van der Waals surface area contributed by atoms with E-state index < -0.39 is 65.9 Å². The summed E-state index contributed by atoms with van der Waals surface area (Å²) < 4.78 is 20.5. The fourth-order valence-electron chi connectivity index (χ4n) is 2.80. The fraction of sp³-hybridized carbons (Fsp3) is 0.438. The second-order valence-electron chi connectivity index (χ2n) is 5.87. The number of fused-ring (bicyclic) bond motifs is 1. The summed E-state index contributed by atoms with van der Waals surface area (Å²) in [6, 6.07) is 2.23. The quantitative estimate of drug-likeness (QED) is 0.333. The van der Waals surface area contributed by atoms with E-state index in [1.165, 1.54) is 6.07 Å². The average Bonchev–Trinajstić information content (AvgIpc) is 2.65. The summed E-state index contributed by atoms with van der Waals surface area (Å²) >= 11 is 0. The van der Waals surface area contributed by atoms with Gasteiger partial charge in [0.2, 0.25) is 23.5 Å². The lowest BCUT2D eigenvalue weighted by Crippen LogP contribution is -2.60. The third-order valence-corrected chi connectivity index (χ3v) is 4.23. The largest absolute Gasteiger partial charge is 0.504 e. The highest BCUT2D eigenvalue weighted by Gasteiger charge is 2.45. The molecule has 1 aromatic heterocycles. The number of hydrogen-bond donors (Lipinski definition) is 6. The van der Waals surface area contributed by atoms with Gasteiger partial charge in [0.15, 0.2) is 11.3 Å². The molecule has 1 fully saturated rings. The molecular formula is C16H18O11. The number of aliphatic hydroxyl groups excluding tert-OH is 4. The van der Waals surface area contributed by atoms with Crippen LogP contribution in [-0.4, -0.2) is 75.1 Å². The van der Waals surface area contributed by atoms with Gasteiger partial charge in [0, 0.05) is 6.07 Å². The van der Waals surface area contributed by atoms with Gasteiger partial charge in [-0.05, 0) is 6.07 Å². The summed E-state index contributed by atoms with van der Waals surface area (Å²) in [4.78, 5) is 11.6. The molecule has 1 aliphatic rings. The topological polar surface area (TPSA) is 179 Å². The molecule has 0 spiro atoms. The number of benzene rings is 1.